The molecular weight excluding hydrogens is 320 g/mol. The van der Waals surface area contributed by atoms with Crippen LogP contribution < -0.4 is 0 Å². The van der Waals surface area contributed by atoms with Crippen molar-refractivity contribution in [3.63, 3.8) is 0 Å². The molecule has 0 amide bonds. The van der Waals surface area contributed by atoms with Crippen LogP contribution in [0.2, 0.25) is 0 Å². The van der Waals surface area contributed by atoms with E-state index in [-0.39, 0.29) is 30.5 Å². The van der Waals surface area contributed by atoms with Gasteiger partial charge in [0, 0.05) is 0 Å². The molecule has 1 unspecified atom stereocenters. The third-order valence-electron chi connectivity index (χ3n) is 4.80. The van der Waals surface area contributed by atoms with Crippen molar-refractivity contribution in [3.05, 3.63) is 42.0 Å². The molecule has 136 valence electrons. The third kappa shape index (κ3) is 3.52. The summed E-state index contributed by atoms with van der Waals surface area (Å²) < 4.78 is 30.3. The van der Waals surface area contributed by atoms with Gasteiger partial charge in [-0.1, -0.05) is 42.5 Å². The number of hydrogen-bond acceptors (Lipinski definition) is 5. The van der Waals surface area contributed by atoms with Crippen molar-refractivity contribution in [1.29, 1.82) is 0 Å². The quantitative estimate of drug-likeness (QED) is 0.841. The Kier molecular flexibility index (Phi) is 4.25. The molecule has 0 radical (unpaired) electrons. The smallest absolute Gasteiger partial charge is 0.164 e. The first-order chi connectivity index (χ1) is 11.8. The molecule has 1 aromatic carbocycles. The second-order valence-corrected chi connectivity index (χ2v) is 7.77. The van der Waals surface area contributed by atoms with E-state index < -0.39 is 11.6 Å². The second kappa shape index (κ2) is 6.18. The first kappa shape index (κ1) is 17.2. The molecule has 3 saturated heterocycles. The normalized spacial score (nSPS) is 39.1. The van der Waals surface area contributed by atoms with Crippen molar-refractivity contribution in [2.24, 2.45) is 0 Å². The Hall–Kier alpha value is -1.24. The maximum Gasteiger partial charge on any atom is 0.164 e. The van der Waals surface area contributed by atoms with Crippen molar-refractivity contribution in [1.82, 2.24) is 0 Å². The summed E-state index contributed by atoms with van der Waals surface area (Å²) in [4.78, 5) is 0. The molecule has 5 heteroatoms. The Bertz CT molecular complexity index is 639. The van der Waals surface area contributed by atoms with Crippen molar-refractivity contribution >= 4 is 6.08 Å². The fourth-order valence-corrected chi connectivity index (χ4v) is 3.76. The Labute approximate surface area is 148 Å². The molecule has 3 fully saturated rings. The van der Waals surface area contributed by atoms with E-state index in [1.807, 2.05) is 45.9 Å². The molecular formula is C20H26O5. The fraction of sp³-hybridized carbons (Fsp3) is 0.600. The number of ether oxygens (including phenoxy) is 5. The Morgan fingerprint density at radius 2 is 1.60 bits per heavy atom. The van der Waals surface area contributed by atoms with Crippen molar-refractivity contribution in [2.75, 3.05) is 6.61 Å². The molecule has 0 bridgehead atoms. The van der Waals surface area contributed by atoms with Gasteiger partial charge in [-0.15, -0.1) is 0 Å². The molecule has 1 aromatic rings. The molecule has 0 aliphatic carbocycles. The molecule has 0 saturated carbocycles. The number of hydrogen-bond donors (Lipinski definition) is 0. The molecule has 25 heavy (non-hydrogen) atoms. The lowest BCUT2D eigenvalue weighted by Crippen LogP contribution is -2.40. The average molecular weight is 346 g/mol. The number of fused-ring (bicyclic) bond motifs is 1. The van der Waals surface area contributed by atoms with Crippen LogP contribution in [-0.4, -0.2) is 48.7 Å². The van der Waals surface area contributed by atoms with E-state index in [0.29, 0.717) is 6.61 Å². The lowest BCUT2D eigenvalue weighted by atomic mass is 10.0. The standard InChI is InChI=1S/C20H26O5/c1-19(2)21-12-15(23-19)16-18-17(24-20(3,4)25-18)14(22-16)11-10-13-8-6-5-7-9-13/h5-11,14-18H,12H2,1-4H3/b11-10+/t14?,15-,16-,17-,18+/m1/s1. The topological polar surface area (TPSA) is 46.2 Å². The van der Waals surface area contributed by atoms with Gasteiger partial charge in [0.15, 0.2) is 11.6 Å². The van der Waals surface area contributed by atoms with Crippen molar-refractivity contribution in [3.8, 4) is 0 Å². The van der Waals surface area contributed by atoms with Crippen molar-refractivity contribution in [2.45, 2.75) is 69.8 Å². The average Bonchev–Trinajstić information content (AvgIpc) is 3.17. The number of benzene rings is 1. The van der Waals surface area contributed by atoms with Crippen LogP contribution in [0.4, 0.5) is 0 Å². The Morgan fingerprint density at radius 3 is 2.28 bits per heavy atom. The summed E-state index contributed by atoms with van der Waals surface area (Å²) in [7, 11) is 0. The fourth-order valence-electron chi connectivity index (χ4n) is 3.76. The van der Waals surface area contributed by atoms with Crippen LogP contribution in [0.25, 0.3) is 6.08 Å². The van der Waals surface area contributed by atoms with Gasteiger partial charge in [0.25, 0.3) is 0 Å². The van der Waals surface area contributed by atoms with Gasteiger partial charge in [-0.3, -0.25) is 0 Å². The van der Waals surface area contributed by atoms with Gasteiger partial charge in [0.05, 0.1) is 6.61 Å². The second-order valence-electron chi connectivity index (χ2n) is 7.77. The van der Waals surface area contributed by atoms with Gasteiger partial charge in [-0.05, 0) is 33.3 Å². The lowest BCUT2D eigenvalue weighted by Gasteiger charge is -2.26. The summed E-state index contributed by atoms with van der Waals surface area (Å²) in [5, 5.41) is 0. The Morgan fingerprint density at radius 1 is 0.880 bits per heavy atom. The predicted octanol–water partition coefficient (Wildman–Crippen LogP) is 3.14. The molecule has 3 aliphatic rings. The highest BCUT2D eigenvalue weighted by Crippen LogP contribution is 2.42. The lowest BCUT2D eigenvalue weighted by molar-refractivity contribution is -0.201. The zero-order valence-electron chi connectivity index (χ0n) is 15.2. The summed E-state index contributed by atoms with van der Waals surface area (Å²) >= 11 is 0. The van der Waals surface area contributed by atoms with Gasteiger partial charge in [-0.25, -0.2) is 0 Å². The first-order valence-electron chi connectivity index (χ1n) is 8.89. The molecule has 3 aliphatic heterocycles. The monoisotopic (exact) mass is 346 g/mol. The minimum atomic E-state index is -0.620. The summed E-state index contributed by atoms with van der Waals surface area (Å²) in [6, 6.07) is 10.2. The summed E-state index contributed by atoms with van der Waals surface area (Å²) in [6.07, 6.45) is 3.27. The molecule has 0 N–H and O–H groups in total. The van der Waals surface area contributed by atoms with Crippen molar-refractivity contribution < 1.29 is 23.7 Å². The van der Waals surface area contributed by atoms with Crippen LogP contribution in [0.5, 0.6) is 0 Å². The largest absolute Gasteiger partial charge is 0.362 e. The van der Waals surface area contributed by atoms with E-state index in [4.69, 9.17) is 23.7 Å². The molecule has 0 aromatic heterocycles. The predicted molar refractivity (Wildman–Crippen MR) is 92.9 cm³/mol. The highest BCUT2D eigenvalue weighted by Gasteiger charge is 2.58. The maximum absolute atomic E-state index is 6.28. The first-order valence-corrected chi connectivity index (χ1v) is 8.89. The molecule has 5 atom stereocenters. The zero-order chi connectivity index (χ0) is 17.7. The van der Waals surface area contributed by atoms with E-state index in [0.717, 1.165) is 5.56 Å². The highest BCUT2D eigenvalue weighted by atomic mass is 16.8. The van der Waals surface area contributed by atoms with Crippen LogP contribution in [0.15, 0.2) is 36.4 Å². The van der Waals surface area contributed by atoms with E-state index >= 15 is 0 Å². The zero-order valence-corrected chi connectivity index (χ0v) is 15.2. The number of rotatable bonds is 3. The van der Waals surface area contributed by atoms with Crippen LogP contribution in [0, 0.1) is 0 Å². The SMILES string of the molecule is CC1(C)O[C@H]2[C@@H]([C@H]3COC(C)(C)O3)OC(/C=C/c3ccccc3)[C@H]2O1. The van der Waals surface area contributed by atoms with Gasteiger partial charge >= 0.3 is 0 Å². The van der Waals surface area contributed by atoms with Gasteiger partial charge in [0.1, 0.15) is 30.5 Å². The van der Waals surface area contributed by atoms with Gasteiger partial charge in [0.2, 0.25) is 0 Å². The highest BCUT2D eigenvalue weighted by molar-refractivity contribution is 5.49. The van der Waals surface area contributed by atoms with E-state index in [9.17, 15) is 0 Å². The molecule has 5 nitrogen and oxygen atoms in total. The summed E-state index contributed by atoms with van der Waals surface area (Å²) in [5.74, 6) is -1.21. The summed E-state index contributed by atoms with van der Waals surface area (Å²) in [5.41, 5.74) is 1.13. The maximum atomic E-state index is 6.28. The van der Waals surface area contributed by atoms with E-state index in [1.54, 1.807) is 0 Å². The minimum absolute atomic E-state index is 0.146. The minimum Gasteiger partial charge on any atom is -0.362 e. The third-order valence-corrected chi connectivity index (χ3v) is 4.80. The Balaban J connectivity index is 1.54. The molecule has 0 spiro atoms. The van der Waals surface area contributed by atoms with E-state index in [1.165, 1.54) is 0 Å². The van der Waals surface area contributed by atoms with Gasteiger partial charge < -0.3 is 23.7 Å². The van der Waals surface area contributed by atoms with Crippen LogP contribution in [0.3, 0.4) is 0 Å². The van der Waals surface area contributed by atoms with Crippen LogP contribution in [0.1, 0.15) is 33.3 Å². The molecule has 4 rings (SSSR count). The van der Waals surface area contributed by atoms with Gasteiger partial charge in [-0.2, -0.15) is 0 Å². The molecule has 3 heterocycles. The van der Waals surface area contributed by atoms with Crippen LogP contribution >= 0.6 is 0 Å². The summed E-state index contributed by atoms with van der Waals surface area (Å²) in [6.45, 7) is 8.22. The van der Waals surface area contributed by atoms with E-state index in [2.05, 4.69) is 24.3 Å². The van der Waals surface area contributed by atoms with Crippen LogP contribution in [-0.2, 0) is 23.7 Å².